The number of para-hydroxylation sites is 1. The molecule has 2 aromatic carbocycles. The van der Waals surface area contributed by atoms with Crippen LogP contribution in [0.25, 0.3) is 16.7 Å². The molecule has 4 aromatic rings. The number of pyridine rings is 1. The third-order valence-corrected chi connectivity index (χ3v) is 4.81. The fraction of sp³-hybridized carbons (Fsp3) is 0.0476. The third kappa shape index (κ3) is 3.08. The summed E-state index contributed by atoms with van der Waals surface area (Å²) in [6.07, 6.45) is 0. The number of halogens is 2. The Balaban J connectivity index is 1.96. The summed E-state index contributed by atoms with van der Waals surface area (Å²) in [5, 5.41) is 9.64. The average Bonchev–Trinajstić information content (AvgIpc) is 3.04. The van der Waals surface area contributed by atoms with Crippen LogP contribution >= 0.6 is 11.6 Å². The van der Waals surface area contributed by atoms with E-state index >= 15 is 0 Å². The summed E-state index contributed by atoms with van der Waals surface area (Å²) in [6.45, 7) is 0.165. The van der Waals surface area contributed by atoms with Gasteiger partial charge in [0, 0.05) is 18.3 Å². The van der Waals surface area contributed by atoms with Crippen molar-refractivity contribution in [3.8, 4) is 5.69 Å². The van der Waals surface area contributed by atoms with Crippen LogP contribution in [0.15, 0.2) is 71.5 Å². The number of nitrogens with zero attached hydrogens (tertiary/aromatic N) is 2. The van der Waals surface area contributed by atoms with E-state index in [1.165, 1.54) is 28.8 Å². The molecule has 0 aliphatic carbocycles. The van der Waals surface area contributed by atoms with E-state index in [-0.39, 0.29) is 22.8 Å². The van der Waals surface area contributed by atoms with Crippen LogP contribution in [-0.4, -0.2) is 20.2 Å². The molecule has 2 heterocycles. The van der Waals surface area contributed by atoms with Crippen LogP contribution in [0.2, 0.25) is 5.02 Å². The summed E-state index contributed by atoms with van der Waals surface area (Å²) < 4.78 is 16.5. The van der Waals surface area contributed by atoms with Crippen molar-refractivity contribution in [1.29, 1.82) is 0 Å². The molecule has 7 heteroatoms. The molecule has 0 fully saturated rings. The zero-order chi connectivity index (χ0) is 19.8. The van der Waals surface area contributed by atoms with Gasteiger partial charge in [0.1, 0.15) is 11.5 Å². The highest BCUT2D eigenvalue weighted by Gasteiger charge is 2.18. The van der Waals surface area contributed by atoms with E-state index in [0.29, 0.717) is 22.3 Å². The van der Waals surface area contributed by atoms with Gasteiger partial charge in [-0.15, -0.1) is 0 Å². The van der Waals surface area contributed by atoms with Gasteiger partial charge in [-0.05, 0) is 42.0 Å². The Kier molecular flexibility index (Phi) is 4.49. The first kappa shape index (κ1) is 18.0. The van der Waals surface area contributed by atoms with Crippen molar-refractivity contribution < 1.29 is 14.3 Å². The number of benzene rings is 2. The van der Waals surface area contributed by atoms with Gasteiger partial charge < -0.3 is 9.67 Å². The Labute approximate surface area is 163 Å². The Morgan fingerprint density at radius 1 is 1.00 bits per heavy atom. The van der Waals surface area contributed by atoms with Crippen molar-refractivity contribution >= 4 is 28.6 Å². The van der Waals surface area contributed by atoms with Crippen molar-refractivity contribution in [2.24, 2.45) is 0 Å². The third-order valence-electron chi connectivity index (χ3n) is 4.52. The molecule has 0 bridgehead atoms. The van der Waals surface area contributed by atoms with E-state index in [9.17, 15) is 19.1 Å². The second kappa shape index (κ2) is 6.98. The van der Waals surface area contributed by atoms with Crippen LogP contribution in [0, 0.1) is 5.82 Å². The molecule has 2 aromatic heterocycles. The molecule has 0 aliphatic heterocycles. The maximum Gasteiger partial charge on any atom is 0.352 e. The quantitative estimate of drug-likeness (QED) is 0.558. The summed E-state index contributed by atoms with van der Waals surface area (Å²) in [4.78, 5) is 24.4. The molecular formula is C21H14ClFN2O3. The number of carbonyl (C=O) groups is 1. The fourth-order valence-corrected chi connectivity index (χ4v) is 3.46. The number of hydrogen-bond acceptors (Lipinski definition) is 2. The summed E-state index contributed by atoms with van der Waals surface area (Å²) in [7, 11) is 0. The largest absolute Gasteiger partial charge is 0.477 e. The fourth-order valence-electron chi connectivity index (χ4n) is 3.26. The highest BCUT2D eigenvalue weighted by Crippen LogP contribution is 2.24. The lowest BCUT2D eigenvalue weighted by atomic mass is 10.2. The van der Waals surface area contributed by atoms with E-state index < -0.39 is 11.8 Å². The maximum atomic E-state index is 13.5. The molecule has 4 rings (SSSR count). The van der Waals surface area contributed by atoms with Crippen LogP contribution in [0.4, 0.5) is 4.39 Å². The van der Waals surface area contributed by atoms with E-state index in [4.69, 9.17) is 11.6 Å². The summed E-state index contributed by atoms with van der Waals surface area (Å²) >= 11 is 5.85. The maximum absolute atomic E-state index is 13.5. The van der Waals surface area contributed by atoms with Crippen LogP contribution in [0.1, 0.15) is 16.1 Å². The average molecular weight is 397 g/mol. The molecule has 0 saturated carbocycles. The van der Waals surface area contributed by atoms with Crippen LogP contribution < -0.4 is 5.56 Å². The standard InChI is InChI=1S/C21H14ClFN2O3/c22-15-10-13(6-7-16(15)23)12-24-17-8-9-20(26)25(14-4-2-1-3-5-14)18(17)11-19(24)21(27)28/h1-11H,12H2,(H,27,28). The number of fused-ring (bicyclic) bond motifs is 1. The lowest BCUT2D eigenvalue weighted by molar-refractivity contribution is 0.0686. The second-order valence-electron chi connectivity index (χ2n) is 6.28. The Hall–Kier alpha value is -3.38. The molecule has 0 unspecified atom stereocenters. The van der Waals surface area contributed by atoms with Crippen molar-refractivity contribution in [2.75, 3.05) is 0 Å². The molecule has 1 N–H and O–H groups in total. The van der Waals surface area contributed by atoms with E-state index in [1.54, 1.807) is 41.0 Å². The van der Waals surface area contributed by atoms with E-state index in [0.717, 1.165) is 0 Å². The highest BCUT2D eigenvalue weighted by molar-refractivity contribution is 6.30. The number of hydrogen-bond donors (Lipinski definition) is 1. The van der Waals surface area contributed by atoms with Crippen molar-refractivity contribution in [3.05, 3.63) is 99.2 Å². The van der Waals surface area contributed by atoms with Crippen LogP contribution in [0.5, 0.6) is 0 Å². The smallest absolute Gasteiger partial charge is 0.352 e. The lowest BCUT2D eigenvalue weighted by Crippen LogP contribution is -2.17. The number of aromatic nitrogens is 2. The van der Waals surface area contributed by atoms with Gasteiger partial charge in [0.05, 0.1) is 16.1 Å². The minimum Gasteiger partial charge on any atom is -0.477 e. The highest BCUT2D eigenvalue weighted by atomic mass is 35.5. The summed E-state index contributed by atoms with van der Waals surface area (Å²) in [5.41, 5.74) is 2.08. The predicted molar refractivity (Wildman–Crippen MR) is 105 cm³/mol. The zero-order valence-electron chi connectivity index (χ0n) is 14.5. The predicted octanol–water partition coefficient (Wildman–Crippen LogP) is 4.33. The van der Waals surface area contributed by atoms with Crippen molar-refractivity contribution in [2.45, 2.75) is 6.54 Å². The number of carboxylic acids is 1. The van der Waals surface area contributed by atoms with Gasteiger partial charge in [0.2, 0.25) is 0 Å². The Bertz CT molecular complexity index is 1260. The second-order valence-corrected chi connectivity index (χ2v) is 6.69. The van der Waals surface area contributed by atoms with Gasteiger partial charge in [-0.2, -0.15) is 0 Å². The number of rotatable bonds is 4. The van der Waals surface area contributed by atoms with Crippen molar-refractivity contribution in [3.63, 3.8) is 0 Å². The van der Waals surface area contributed by atoms with Gasteiger partial charge >= 0.3 is 5.97 Å². The summed E-state index contributed by atoms with van der Waals surface area (Å²) in [6, 6.07) is 17.7. The molecule has 0 saturated heterocycles. The summed E-state index contributed by atoms with van der Waals surface area (Å²) in [5.74, 6) is -1.67. The molecule has 0 amide bonds. The minimum atomic E-state index is -1.13. The van der Waals surface area contributed by atoms with Crippen LogP contribution in [0.3, 0.4) is 0 Å². The SMILES string of the molecule is O=C(O)c1cc2c(ccc(=O)n2-c2ccccc2)n1Cc1ccc(F)c(Cl)c1. The number of carboxylic acid groups (broad SMARTS) is 1. The molecule has 0 aliphatic rings. The normalized spacial score (nSPS) is 11.1. The zero-order valence-corrected chi connectivity index (χ0v) is 15.2. The monoisotopic (exact) mass is 396 g/mol. The minimum absolute atomic E-state index is 0.0192. The number of aromatic carboxylic acids is 1. The molecule has 0 radical (unpaired) electrons. The molecular weight excluding hydrogens is 383 g/mol. The van der Waals surface area contributed by atoms with E-state index in [1.807, 2.05) is 6.07 Å². The van der Waals surface area contributed by atoms with Gasteiger partial charge in [0.15, 0.2) is 0 Å². The van der Waals surface area contributed by atoms with Gasteiger partial charge in [-0.1, -0.05) is 35.9 Å². The molecule has 0 spiro atoms. The molecule has 28 heavy (non-hydrogen) atoms. The Morgan fingerprint density at radius 3 is 2.43 bits per heavy atom. The van der Waals surface area contributed by atoms with Gasteiger partial charge in [-0.25, -0.2) is 9.18 Å². The first-order chi connectivity index (χ1) is 13.5. The topological polar surface area (TPSA) is 64.2 Å². The first-order valence-corrected chi connectivity index (χ1v) is 8.81. The van der Waals surface area contributed by atoms with Crippen LogP contribution in [-0.2, 0) is 6.54 Å². The first-order valence-electron chi connectivity index (χ1n) is 8.43. The van der Waals surface area contributed by atoms with Gasteiger partial charge in [-0.3, -0.25) is 9.36 Å². The molecule has 0 atom stereocenters. The molecule has 140 valence electrons. The lowest BCUT2D eigenvalue weighted by Gasteiger charge is -2.11. The van der Waals surface area contributed by atoms with E-state index in [2.05, 4.69) is 0 Å². The molecule has 5 nitrogen and oxygen atoms in total. The van der Waals surface area contributed by atoms with Crippen molar-refractivity contribution in [1.82, 2.24) is 9.13 Å². The Morgan fingerprint density at radius 2 is 1.75 bits per heavy atom. The van der Waals surface area contributed by atoms with Gasteiger partial charge in [0.25, 0.3) is 5.56 Å².